The molecule has 0 radical (unpaired) electrons. The fourth-order valence-corrected chi connectivity index (χ4v) is 4.44. The van der Waals surface area contributed by atoms with Crippen LogP contribution in [0.4, 0.5) is 0 Å². The van der Waals surface area contributed by atoms with Gasteiger partial charge in [-0.15, -0.1) is 11.6 Å². The highest BCUT2D eigenvalue weighted by Crippen LogP contribution is 2.37. The number of aromatic nitrogens is 2. The van der Waals surface area contributed by atoms with E-state index in [1.165, 1.54) is 0 Å². The van der Waals surface area contributed by atoms with Gasteiger partial charge in [-0.25, -0.2) is 0 Å². The van der Waals surface area contributed by atoms with Gasteiger partial charge in [0.15, 0.2) is 5.78 Å². The number of rotatable bonds is 7. The van der Waals surface area contributed by atoms with Crippen molar-refractivity contribution in [2.24, 2.45) is 0 Å². The summed E-state index contributed by atoms with van der Waals surface area (Å²) in [5.41, 5.74) is 5.24. The number of aromatic amines is 1. The highest BCUT2D eigenvalue weighted by atomic mass is 35.5. The first-order valence-corrected chi connectivity index (χ1v) is 10.8. The number of phenolic OH excluding ortho intramolecular Hbond substituents is 1. The highest BCUT2D eigenvalue weighted by molar-refractivity contribution is 6.18. The van der Waals surface area contributed by atoms with Crippen molar-refractivity contribution in [1.82, 2.24) is 9.97 Å². The summed E-state index contributed by atoms with van der Waals surface area (Å²) in [5, 5.41) is 12.2. The van der Waals surface area contributed by atoms with Crippen molar-refractivity contribution in [1.29, 1.82) is 0 Å². The van der Waals surface area contributed by atoms with E-state index < -0.39 is 0 Å². The zero-order valence-corrected chi connectivity index (χ0v) is 19.3. The summed E-state index contributed by atoms with van der Waals surface area (Å²) in [7, 11) is 3.20. The van der Waals surface area contributed by atoms with Gasteiger partial charge in [-0.05, 0) is 61.2 Å². The quantitative estimate of drug-likeness (QED) is 0.260. The van der Waals surface area contributed by atoms with Crippen molar-refractivity contribution in [3.63, 3.8) is 0 Å². The number of hydrogen-bond donors (Lipinski definition) is 2. The molecule has 0 aliphatic heterocycles. The standard InChI is InChI=1S/C25H25ClN2O4.CH4/c1-13-7-18-17(5-6-26)15(10-21(30)24(18)27-12-13)9-20(29)19-8-16-11-22(31-3)14(2)25(32-4)23(16)28-19;/h7-8,10-12,28,30H,5-6,9H2,1-4H3;1H4. The first-order chi connectivity index (χ1) is 15.4. The lowest BCUT2D eigenvalue weighted by atomic mass is 9.94. The van der Waals surface area contributed by atoms with Crippen LogP contribution in [0.15, 0.2) is 30.5 Å². The van der Waals surface area contributed by atoms with Gasteiger partial charge in [0.2, 0.25) is 0 Å². The molecular formula is C26H29ClN2O4. The summed E-state index contributed by atoms with van der Waals surface area (Å²) in [5.74, 6) is 1.69. The summed E-state index contributed by atoms with van der Waals surface area (Å²) in [4.78, 5) is 20.8. The number of benzene rings is 2. The van der Waals surface area contributed by atoms with E-state index in [-0.39, 0.29) is 25.4 Å². The van der Waals surface area contributed by atoms with Crippen LogP contribution in [0.25, 0.3) is 21.8 Å². The smallest absolute Gasteiger partial charge is 0.183 e. The molecule has 0 spiro atoms. The third kappa shape index (κ3) is 4.35. The first kappa shape index (κ1) is 24.4. The third-order valence-corrected chi connectivity index (χ3v) is 5.97. The Morgan fingerprint density at radius 3 is 2.58 bits per heavy atom. The maximum absolute atomic E-state index is 13.3. The molecule has 2 aromatic carbocycles. The fourth-order valence-electron chi connectivity index (χ4n) is 4.25. The molecule has 0 atom stereocenters. The molecule has 2 heterocycles. The van der Waals surface area contributed by atoms with Crippen LogP contribution in [0.5, 0.6) is 17.2 Å². The number of phenols is 1. The summed E-state index contributed by atoms with van der Waals surface area (Å²) in [6, 6.07) is 7.29. The monoisotopic (exact) mass is 468 g/mol. The second kappa shape index (κ2) is 9.71. The molecule has 0 aliphatic rings. The predicted octanol–water partition coefficient (Wildman–Crippen LogP) is 5.90. The van der Waals surface area contributed by atoms with Gasteiger partial charge in [0.05, 0.1) is 25.4 Å². The Kier molecular flexibility index (Phi) is 7.18. The molecule has 4 rings (SSSR count). The Hall–Kier alpha value is -3.25. The van der Waals surface area contributed by atoms with E-state index in [4.69, 9.17) is 21.1 Å². The Morgan fingerprint density at radius 1 is 1.15 bits per heavy atom. The molecule has 0 aliphatic carbocycles. The molecule has 174 valence electrons. The average molecular weight is 469 g/mol. The maximum atomic E-state index is 13.3. The van der Waals surface area contributed by atoms with E-state index in [2.05, 4.69) is 9.97 Å². The Morgan fingerprint density at radius 2 is 1.91 bits per heavy atom. The number of hydrogen-bond acceptors (Lipinski definition) is 5. The Balaban J connectivity index is 0.00000306. The van der Waals surface area contributed by atoms with Crippen molar-refractivity contribution in [3.05, 3.63) is 58.4 Å². The van der Waals surface area contributed by atoms with Crippen LogP contribution in [0.1, 0.15) is 40.2 Å². The van der Waals surface area contributed by atoms with Crippen molar-refractivity contribution >= 4 is 39.2 Å². The Labute approximate surface area is 198 Å². The number of ketones is 1. The number of Topliss-reactive ketones (excluding diaryl/α,β-unsaturated/α-hetero) is 1. The van der Waals surface area contributed by atoms with Crippen LogP contribution in [0.2, 0.25) is 0 Å². The SMILES string of the molecule is C.COc1cc2cc(C(=O)Cc3cc(O)c4ncc(C)cc4c3CCCl)[nH]c2c(OC)c1C. The fraction of sp³-hybridized carbons (Fsp3) is 0.308. The second-order valence-electron chi connectivity index (χ2n) is 7.87. The number of halogens is 1. The van der Waals surface area contributed by atoms with Gasteiger partial charge in [-0.1, -0.05) is 7.43 Å². The highest BCUT2D eigenvalue weighted by Gasteiger charge is 2.20. The summed E-state index contributed by atoms with van der Waals surface area (Å²) < 4.78 is 11.0. The van der Waals surface area contributed by atoms with Gasteiger partial charge < -0.3 is 19.6 Å². The van der Waals surface area contributed by atoms with Gasteiger partial charge in [0.1, 0.15) is 22.8 Å². The van der Waals surface area contributed by atoms with Gasteiger partial charge >= 0.3 is 0 Å². The minimum absolute atomic E-state index is 0. The molecule has 0 unspecified atom stereocenters. The maximum Gasteiger partial charge on any atom is 0.183 e. The largest absolute Gasteiger partial charge is 0.506 e. The Bertz CT molecular complexity index is 1340. The molecule has 0 saturated carbocycles. The zero-order valence-electron chi connectivity index (χ0n) is 18.5. The van der Waals surface area contributed by atoms with Crippen LogP contribution >= 0.6 is 11.6 Å². The normalized spacial score (nSPS) is 10.9. The number of aromatic hydroxyl groups is 1. The average Bonchev–Trinajstić information content (AvgIpc) is 3.19. The van der Waals surface area contributed by atoms with E-state index in [9.17, 15) is 9.90 Å². The van der Waals surface area contributed by atoms with Gasteiger partial charge in [-0.3, -0.25) is 9.78 Å². The zero-order chi connectivity index (χ0) is 23.0. The number of alkyl halides is 1. The second-order valence-corrected chi connectivity index (χ2v) is 8.24. The lowest BCUT2D eigenvalue weighted by Gasteiger charge is -2.13. The van der Waals surface area contributed by atoms with Gasteiger partial charge in [0, 0.05) is 34.8 Å². The van der Waals surface area contributed by atoms with Crippen LogP contribution < -0.4 is 9.47 Å². The topological polar surface area (TPSA) is 84.4 Å². The third-order valence-electron chi connectivity index (χ3n) is 5.78. The molecule has 7 heteroatoms. The molecule has 6 nitrogen and oxygen atoms in total. The number of pyridine rings is 1. The summed E-state index contributed by atoms with van der Waals surface area (Å²) in [6.07, 6.45) is 2.41. The lowest BCUT2D eigenvalue weighted by Crippen LogP contribution is -2.08. The number of carbonyl (C=O) groups is 1. The predicted molar refractivity (Wildman–Crippen MR) is 133 cm³/mol. The minimum atomic E-state index is -0.102. The molecule has 0 saturated heterocycles. The van der Waals surface area contributed by atoms with Crippen LogP contribution in [0, 0.1) is 13.8 Å². The molecule has 0 fully saturated rings. The number of ether oxygens (including phenoxy) is 2. The number of carbonyl (C=O) groups excluding carboxylic acids is 1. The van der Waals surface area contributed by atoms with E-state index in [1.807, 2.05) is 26.0 Å². The number of fused-ring (bicyclic) bond motifs is 2. The number of aryl methyl sites for hydroxylation is 2. The van der Waals surface area contributed by atoms with Crippen molar-refractivity contribution in [2.75, 3.05) is 20.1 Å². The van der Waals surface area contributed by atoms with Crippen LogP contribution in [-0.2, 0) is 12.8 Å². The molecule has 33 heavy (non-hydrogen) atoms. The molecule has 2 aromatic heterocycles. The van der Waals surface area contributed by atoms with Gasteiger partial charge in [-0.2, -0.15) is 0 Å². The molecule has 4 aromatic rings. The summed E-state index contributed by atoms with van der Waals surface area (Å²) >= 11 is 6.07. The van der Waals surface area contributed by atoms with E-state index in [1.54, 1.807) is 32.5 Å². The molecular weight excluding hydrogens is 440 g/mol. The van der Waals surface area contributed by atoms with Crippen LogP contribution in [0.3, 0.4) is 0 Å². The van der Waals surface area contributed by atoms with Crippen molar-refractivity contribution in [3.8, 4) is 17.2 Å². The van der Waals surface area contributed by atoms with E-state index in [0.717, 1.165) is 38.5 Å². The molecule has 0 bridgehead atoms. The number of H-pyrrole nitrogens is 1. The summed E-state index contributed by atoms with van der Waals surface area (Å²) in [6.45, 7) is 3.85. The molecule has 0 amide bonds. The van der Waals surface area contributed by atoms with Crippen molar-refractivity contribution in [2.45, 2.75) is 34.1 Å². The number of nitrogens with one attached hydrogen (secondary N) is 1. The van der Waals surface area contributed by atoms with Gasteiger partial charge in [0.25, 0.3) is 0 Å². The number of methoxy groups -OCH3 is 2. The minimum Gasteiger partial charge on any atom is -0.506 e. The molecule has 2 N–H and O–H groups in total. The first-order valence-electron chi connectivity index (χ1n) is 10.3. The van der Waals surface area contributed by atoms with Crippen molar-refractivity contribution < 1.29 is 19.4 Å². The van der Waals surface area contributed by atoms with E-state index in [0.29, 0.717) is 35.0 Å². The lowest BCUT2D eigenvalue weighted by molar-refractivity contribution is 0.0989. The van der Waals surface area contributed by atoms with E-state index >= 15 is 0 Å². The number of nitrogens with zero attached hydrogens (tertiary/aromatic N) is 1. The van der Waals surface area contributed by atoms with Crippen LogP contribution in [-0.4, -0.2) is 41.0 Å².